The Balaban J connectivity index is 1.74. The lowest BCUT2D eigenvalue weighted by Gasteiger charge is -2.12. The Labute approximate surface area is 169 Å². The van der Waals surface area contributed by atoms with Gasteiger partial charge in [0.05, 0.1) is 17.9 Å². The van der Waals surface area contributed by atoms with E-state index in [9.17, 15) is 9.59 Å². The summed E-state index contributed by atoms with van der Waals surface area (Å²) in [6.45, 7) is 5.91. The second-order valence-corrected chi connectivity index (χ2v) is 6.42. The van der Waals surface area contributed by atoms with Crippen LogP contribution in [0.3, 0.4) is 0 Å². The first-order valence-corrected chi connectivity index (χ1v) is 9.24. The summed E-state index contributed by atoms with van der Waals surface area (Å²) in [5.74, 6) is -0.355. The van der Waals surface area contributed by atoms with Gasteiger partial charge >= 0.3 is 5.97 Å². The van der Waals surface area contributed by atoms with Gasteiger partial charge in [0.25, 0.3) is 5.91 Å². The lowest BCUT2D eigenvalue weighted by Crippen LogP contribution is -2.16. The molecular formula is C22H22N4O3. The van der Waals surface area contributed by atoms with E-state index in [1.54, 1.807) is 43.3 Å². The van der Waals surface area contributed by atoms with Crippen LogP contribution in [0.15, 0.2) is 54.6 Å². The van der Waals surface area contributed by atoms with E-state index in [4.69, 9.17) is 4.74 Å². The first kappa shape index (κ1) is 20.0. The third-order valence-electron chi connectivity index (χ3n) is 4.30. The minimum absolute atomic E-state index is 0.192. The largest absolute Gasteiger partial charge is 0.462 e. The van der Waals surface area contributed by atoms with E-state index in [2.05, 4.69) is 20.8 Å². The Hall–Kier alpha value is -3.74. The number of benzene rings is 2. The molecule has 3 aromatic rings. The van der Waals surface area contributed by atoms with Gasteiger partial charge in [-0.3, -0.25) is 4.79 Å². The van der Waals surface area contributed by atoms with Gasteiger partial charge in [0.2, 0.25) is 0 Å². The molecule has 0 atom stereocenters. The van der Waals surface area contributed by atoms with Crippen LogP contribution in [0.25, 0.3) is 0 Å². The molecule has 29 heavy (non-hydrogen) atoms. The molecule has 7 heteroatoms. The lowest BCUT2D eigenvalue weighted by molar-refractivity contribution is 0.0527. The van der Waals surface area contributed by atoms with Crippen LogP contribution in [0, 0.1) is 13.8 Å². The van der Waals surface area contributed by atoms with E-state index in [0.717, 1.165) is 16.8 Å². The second-order valence-electron chi connectivity index (χ2n) is 6.42. The van der Waals surface area contributed by atoms with E-state index >= 15 is 0 Å². The summed E-state index contributed by atoms with van der Waals surface area (Å²) in [6, 6.07) is 16.0. The predicted molar refractivity (Wildman–Crippen MR) is 112 cm³/mol. The quantitative estimate of drug-likeness (QED) is 0.611. The standard InChI is InChI=1S/C22H22N4O3/c1-4-29-22(28)16-10-5-6-11-17(16)23-19-13-12-18(25-26-19)21(27)24-20-14(2)8-7-9-15(20)3/h5-13H,4H2,1-3H3,(H,23,26)(H,24,27). The van der Waals surface area contributed by atoms with Crippen molar-refractivity contribution in [2.75, 3.05) is 17.2 Å². The van der Waals surface area contributed by atoms with E-state index in [1.165, 1.54) is 0 Å². The van der Waals surface area contributed by atoms with Crippen LogP contribution < -0.4 is 10.6 Å². The zero-order valence-electron chi connectivity index (χ0n) is 16.5. The third-order valence-corrected chi connectivity index (χ3v) is 4.30. The van der Waals surface area contributed by atoms with Crippen LogP contribution >= 0.6 is 0 Å². The number of hydrogen-bond acceptors (Lipinski definition) is 6. The van der Waals surface area contributed by atoms with E-state index in [1.807, 2.05) is 32.0 Å². The first-order valence-electron chi connectivity index (χ1n) is 9.24. The number of nitrogens with one attached hydrogen (secondary N) is 2. The molecule has 0 saturated carbocycles. The van der Waals surface area contributed by atoms with Crippen LogP contribution in [-0.2, 0) is 4.74 Å². The number of esters is 1. The van der Waals surface area contributed by atoms with Crippen molar-refractivity contribution in [1.29, 1.82) is 0 Å². The van der Waals surface area contributed by atoms with E-state index in [-0.39, 0.29) is 18.2 Å². The molecule has 1 aromatic heterocycles. The SMILES string of the molecule is CCOC(=O)c1ccccc1Nc1ccc(C(=O)Nc2c(C)cccc2C)nn1. The molecule has 0 aliphatic heterocycles. The highest BCUT2D eigenvalue weighted by Gasteiger charge is 2.14. The number of nitrogens with zero attached hydrogens (tertiary/aromatic N) is 2. The molecule has 2 N–H and O–H groups in total. The molecule has 0 aliphatic carbocycles. The monoisotopic (exact) mass is 390 g/mol. The zero-order valence-corrected chi connectivity index (χ0v) is 16.5. The van der Waals surface area contributed by atoms with Crippen LogP contribution in [0.5, 0.6) is 0 Å². The fraction of sp³-hybridized carbons (Fsp3) is 0.182. The molecule has 0 aliphatic rings. The van der Waals surface area contributed by atoms with Gasteiger partial charge in [0.15, 0.2) is 11.5 Å². The molecule has 2 aromatic carbocycles. The number of hydrogen-bond donors (Lipinski definition) is 2. The molecule has 148 valence electrons. The number of aromatic nitrogens is 2. The van der Waals surface area contributed by atoms with Gasteiger partial charge in [-0.15, -0.1) is 10.2 Å². The molecule has 7 nitrogen and oxygen atoms in total. The fourth-order valence-corrected chi connectivity index (χ4v) is 2.83. The van der Waals surface area contributed by atoms with E-state index < -0.39 is 5.97 Å². The van der Waals surface area contributed by atoms with E-state index in [0.29, 0.717) is 17.1 Å². The third kappa shape index (κ3) is 4.76. The number of ether oxygens (including phenoxy) is 1. The van der Waals surface area contributed by atoms with Gasteiger partial charge in [0, 0.05) is 5.69 Å². The van der Waals surface area contributed by atoms with Crippen molar-refractivity contribution in [3.8, 4) is 0 Å². The summed E-state index contributed by atoms with van der Waals surface area (Å²) in [4.78, 5) is 24.6. The van der Waals surface area contributed by atoms with Gasteiger partial charge < -0.3 is 15.4 Å². The van der Waals surface area contributed by atoms with Crippen molar-refractivity contribution < 1.29 is 14.3 Å². The molecule has 1 heterocycles. The summed E-state index contributed by atoms with van der Waals surface area (Å²) >= 11 is 0. The molecule has 0 radical (unpaired) electrons. The van der Waals surface area contributed by atoms with Crippen LogP contribution in [0.1, 0.15) is 38.9 Å². The smallest absolute Gasteiger partial charge is 0.340 e. The van der Waals surface area contributed by atoms with Gasteiger partial charge in [-0.25, -0.2) is 4.79 Å². The maximum atomic E-state index is 12.5. The Morgan fingerprint density at radius 2 is 1.66 bits per heavy atom. The number of anilines is 3. The molecule has 0 fully saturated rings. The Kier molecular flexibility index (Phi) is 6.19. The Morgan fingerprint density at radius 1 is 0.931 bits per heavy atom. The van der Waals surface area contributed by atoms with Crippen LogP contribution in [0.4, 0.5) is 17.2 Å². The van der Waals surface area contributed by atoms with Crippen molar-refractivity contribution in [3.05, 3.63) is 77.0 Å². The highest BCUT2D eigenvalue weighted by molar-refractivity contribution is 6.03. The first-order chi connectivity index (χ1) is 14.0. The summed E-state index contributed by atoms with van der Waals surface area (Å²) in [5.41, 5.74) is 3.85. The molecule has 3 rings (SSSR count). The van der Waals surface area contributed by atoms with Crippen molar-refractivity contribution in [2.24, 2.45) is 0 Å². The Bertz CT molecular complexity index is 1010. The normalized spacial score (nSPS) is 10.3. The molecule has 1 amide bonds. The number of carbonyl (C=O) groups is 2. The van der Waals surface area contributed by atoms with Crippen LogP contribution in [-0.4, -0.2) is 28.7 Å². The zero-order chi connectivity index (χ0) is 20.8. The highest BCUT2D eigenvalue weighted by atomic mass is 16.5. The molecule has 0 saturated heterocycles. The topological polar surface area (TPSA) is 93.2 Å². The summed E-state index contributed by atoms with van der Waals surface area (Å²) in [7, 11) is 0. The van der Waals surface area contributed by atoms with Gasteiger partial charge in [0.1, 0.15) is 0 Å². The van der Waals surface area contributed by atoms with Crippen molar-refractivity contribution >= 4 is 29.1 Å². The van der Waals surface area contributed by atoms with Crippen LogP contribution in [0.2, 0.25) is 0 Å². The maximum Gasteiger partial charge on any atom is 0.340 e. The van der Waals surface area contributed by atoms with Crippen molar-refractivity contribution in [1.82, 2.24) is 10.2 Å². The Morgan fingerprint density at radius 3 is 2.31 bits per heavy atom. The van der Waals surface area contributed by atoms with Crippen molar-refractivity contribution in [3.63, 3.8) is 0 Å². The molecule has 0 spiro atoms. The number of para-hydroxylation sites is 2. The second kappa shape index (κ2) is 8.97. The average molecular weight is 390 g/mol. The minimum Gasteiger partial charge on any atom is -0.462 e. The lowest BCUT2D eigenvalue weighted by atomic mass is 10.1. The molecular weight excluding hydrogens is 368 g/mol. The minimum atomic E-state index is -0.423. The maximum absolute atomic E-state index is 12.5. The number of rotatable bonds is 6. The number of carbonyl (C=O) groups excluding carboxylic acids is 2. The number of aryl methyl sites for hydroxylation is 2. The summed E-state index contributed by atoms with van der Waals surface area (Å²) < 4.78 is 5.06. The number of amides is 1. The average Bonchev–Trinajstić information content (AvgIpc) is 2.72. The van der Waals surface area contributed by atoms with Gasteiger partial charge in [-0.1, -0.05) is 30.3 Å². The van der Waals surface area contributed by atoms with Gasteiger partial charge in [-0.05, 0) is 56.2 Å². The predicted octanol–water partition coefficient (Wildman–Crippen LogP) is 4.27. The summed E-state index contributed by atoms with van der Waals surface area (Å²) in [6.07, 6.45) is 0. The highest BCUT2D eigenvalue weighted by Crippen LogP contribution is 2.22. The molecule has 0 unspecified atom stereocenters. The molecule has 0 bridgehead atoms. The summed E-state index contributed by atoms with van der Waals surface area (Å²) in [5, 5.41) is 14.0. The fourth-order valence-electron chi connectivity index (χ4n) is 2.83. The van der Waals surface area contributed by atoms with Gasteiger partial charge in [-0.2, -0.15) is 0 Å². The van der Waals surface area contributed by atoms with Crippen molar-refractivity contribution in [2.45, 2.75) is 20.8 Å².